The molecule has 12 heterocycles. The van der Waals surface area contributed by atoms with E-state index in [1.807, 2.05) is 26.8 Å². The van der Waals surface area contributed by atoms with Crippen molar-refractivity contribution in [2.24, 2.45) is 17.8 Å². The normalized spacial score (nSPS) is 20.2. The molecule has 7 N–H and O–H groups in total. The summed E-state index contributed by atoms with van der Waals surface area (Å²) in [5.74, 6) is 2.47. The van der Waals surface area contributed by atoms with Crippen molar-refractivity contribution in [2.45, 2.75) is 123 Å². The number of aromatic amines is 3. The lowest BCUT2D eigenvalue weighted by molar-refractivity contribution is -0.138. The van der Waals surface area contributed by atoms with Gasteiger partial charge < -0.3 is 35.8 Å². The highest BCUT2D eigenvalue weighted by Gasteiger charge is 2.40. The van der Waals surface area contributed by atoms with Gasteiger partial charge in [-0.2, -0.15) is 41.6 Å². The molecule has 0 aromatic carbocycles. The van der Waals surface area contributed by atoms with Gasteiger partial charge in [-0.3, -0.25) is 15.3 Å². The predicted molar refractivity (Wildman–Crippen MR) is 340 cm³/mol. The molecule has 0 aliphatic carbocycles. The molecule has 26 heteroatoms. The maximum Gasteiger partial charge on any atom is 0.418 e. The topological polar surface area (TPSA) is 229 Å². The highest BCUT2D eigenvalue weighted by atomic mass is 19.4. The van der Waals surface area contributed by atoms with Gasteiger partial charge in [0.15, 0.2) is 22.8 Å². The van der Waals surface area contributed by atoms with Crippen LogP contribution in [0, 0.1) is 23.6 Å². The Hall–Kier alpha value is -7.94. The van der Waals surface area contributed by atoms with E-state index in [2.05, 4.69) is 133 Å². The summed E-state index contributed by atoms with van der Waals surface area (Å²) in [5, 5.41) is 43.7. The van der Waals surface area contributed by atoms with E-state index in [1.165, 1.54) is 18.2 Å². The van der Waals surface area contributed by atoms with Crippen LogP contribution in [-0.4, -0.2) is 147 Å². The van der Waals surface area contributed by atoms with Crippen molar-refractivity contribution in [3.8, 4) is 34.2 Å². The van der Waals surface area contributed by atoms with Crippen molar-refractivity contribution in [2.75, 3.05) is 60.5 Å². The first-order chi connectivity index (χ1) is 41.8. The molecule has 480 valence electrons. The fourth-order valence-electron chi connectivity index (χ4n) is 11.9. The van der Waals surface area contributed by atoms with E-state index in [1.54, 1.807) is 55.0 Å². The smallest absolute Gasteiger partial charge is 0.388 e. The van der Waals surface area contributed by atoms with Gasteiger partial charge in [-0.1, -0.05) is 41.5 Å². The number of nitrogens with zero attached hydrogens (tertiary/aromatic N) is 12. The third-order valence-corrected chi connectivity index (χ3v) is 16.3. The number of hydrogen-bond donors (Lipinski definition) is 7. The van der Waals surface area contributed by atoms with Crippen LogP contribution >= 0.6 is 0 Å². The van der Waals surface area contributed by atoms with Crippen LogP contribution in [0.4, 0.5) is 48.2 Å². The van der Waals surface area contributed by atoms with E-state index in [0.29, 0.717) is 95.4 Å². The zero-order chi connectivity index (χ0) is 62.8. The molecule has 12 rings (SSSR count). The number of fused-ring (bicyclic) bond motifs is 3. The lowest BCUT2D eigenvalue weighted by Gasteiger charge is -2.43. The number of piperazine rings is 3. The molecule has 9 aromatic heterocycles. The van der Waals surface area contributed by atoms with Crippen LogP contribution < -0.4 is 30.7 Å². The number of rotatable bonds is 12. The van der Waals surface area contributed by atoms with E-state index < -0.39 is 34.9 Å². The van der Waals surface area contributed by atoms with E-state index in [4.69, 9.17) is 0 Å². The van der Waals surface area contributed by atoms with Crippen molar-refractivity contribution in [1.82, 2.24) is 76.4 Å². The first-order valence-electron chi connectivity index (χ1n) is 29.8. The van der Waals surface area contributed by atoms with Crippen LogP contribution in [0.25, 0.3) is 67.3 Å². The highest BCUT2D eigenvalue weighted by molar-refractivity contribution is 5.92. The summed E-state index contributed by atoms with van der Waals surface area (Å²) < 4.78 is 97.2. The Bertz CT molecular complexity index is 3690. The number of anilines is 3. The summed E-state index contributed by atoms with van der Waals surface area (Å²) in [7, 11) is 0. The SMILES string of the molecule is CC(C)C(C)(O)C1CN(c2ccc(F)c(-c3[nH]nc4ncccc34)n2)CCN1.CC(C)C[C@H]1CN(c2ccc(C(F)(F)F)c(-c3[nH]nc4ncccc34)n2)C[C@@H](C)N1.CC(C)C[C@H]1CN(c2ccc(C(F)(F)F)c(-c3[nH]nc4ncccc34)n2)C[C@H](C)N1.[HH].[HH].[HH].[HH].[HH].[HH]. The summed E-state index contributed by atoms with van der Waals surface area (Å²) in [6.45, 7) is 23.5. The third-order valence-electron chi connectivity index (χ3n) is 16.3. The molecule has 3 fully saturated rings. The Morgan fingerprint density at radius 2 is 0.943 bits per heavy atom. The largest absolute Gasteiger partial charge is 0.418 e. The van der Waals surface area contributed by atoms with E-state index in [9.17, 15) is 35.8 Å². The molecule has 0 bridgehead atoms. The number of halogens is 7. The van der Waals surface area contributed by atoms with Gasteiger partial charge in [-0.15, -0.1) is 0 Å². The Kier molecular flexibility index (Phi) is 18.7. The molecule has 3 aliphatic heterocycles. The standard InChI is InChI=1S/2C21H25F3N6.C20H25FN6O.6H2/c2*1-12(2)9-14-11-30(10-13(3)26-14)17-7-6-16(21(22,23)24)19(27-17)18-15-5-4-8-25-20(15)29-28-18;1-12(2)20(3,28)15-11-27(10-9-22-15)16-7-6-14(21)18(24-16)17-13-5-4-8-23-19(13)26-25-17;;;;;;/h2*4-8,12-14,26H,9-11H2,1-3H3,(H,25,28,29);4-8,12,15,22,28H,9-11H2,1-3H3,(H,23,25,26);6*1H/t13-,14+;13-,14-;;;;;;;/m10......./s1. The van der Waals surface area contributed by atoms with Crippen molar-refractivity contribution in [1.29, 1.82) is 0 Å². The van der Waals surface area contributed by atoms with Gasteiger partial charge in [-0.25, -0.2) is 34.3 Å². The molecule has 2 unspecified atom stereocenters. The summed E-state index contributed by atoms with van der Waals surface area (Å²) in [6.07, 6.45) is -2.32. The van der Waals surface area contributed by atoms with Crippen molar-refractivity contribution < 1.29 is 44.4 Å². The first-order valence-corrected chi connectivity index (χ1v) is 29.8. The predicted octanol–water partition coefficient (Wildman–Crippen LogP) is 12.3. The number of aliphatic hydroxyl groups is 1. The Morgan fingerprint density at radius 3 is 1.35 bits per heavy atom. The number of hydrogen-bond acceptors (Lipinski definition) is 16. The molecule has 0 amide bonds. The second-order valence-electron chi connectivity index (χ2n) is 24.5. The van der Waals surface area contributed by atoms with Gasteiger partial charge in [0.05, 0.1) is 39.9 Å². The fraction of sp³-hybridized carbons (Fsp3) is 0.468. The Morgan fingerprint density at radius 1 is 0.545 bits per heavy atom. The summed E-state index contributed by atoms with van der Waals surface area (Å²) >= 11 is 0. The zero-order valence-electron chi connectivity index (χ0n) is 50.6. The third kappa shape index (κ3) is 14.1. The van der Waals surface area contributed by atoms with Gasteiger partial charge in [0.25, 0.3) is 0 Å². The number of H-pyrrole nitrogens is 3. The molecule has 3 saturated heterocycles. The molecular weight excluding hydrogens is 1150 g/mol. The monoisotopic (exact) mass is 1230 g/mol. The Balaban J connectivity index is 0.000000291. The summed E-state index contributed by atoms with van der Waals surface area (Å²) in [4.78, 5) is 32.2. The van der Waals surface area contributed by atoms with Crippen LogP contribution in [-0.2, 0) is 12.4 Å². The fourth-order valence-corrected chi connectivity index (χ4v) is 11.9. The molecule has 19 nitrogen and oxygen atoms in total. The minimum absolute atomic E-state index is 0. The number of aromatic nitrogens is 12. The molecule has 3 aliphatic rings. The summed E-state index contributed by atoms with van der Waals surface area (Å²) in [5.41, 5.74) is -0.285. The van der Waals surface area contributed by atoms with Crippen molar-refractivity contribution in [3.63, 3.8) is 0 Å². The van der Waals surface area contributed by atoms with Crippen molar-refractivity contribution >= 4 is 50.6 Å². The second kappa shape index (κ2) is 26.0. The summed E-state index contributed by atoms with van der Waals surface area (Å²) in [6, 6.07) is 19.5. The molecule has 0 saturated carbocycles. The van der Waals surface area contributed by atoms with Crippen LogP contribution in [0.5, 0.6) is 0 Å². The lowest BCUT2D eigenvalue weighted by atomic mass is 9.84. The van der Waals surface area contributed by atoms with E-state index in [0.717, 1.165) is 43.5 Å². The maximum absolute atomic E-state index is 14.6. The number of alkyl halides is 6. The minimum Gasteiger partial charge on any atom is -0.388 e. The number of nitrogens with one attached hydrogen (secondary N) is 6. The quantitative estimate of drug-likeness (QED) is 0.0564. The van der Waals surface area contributed by atoms with Gasteiger partial charge in [-0.05, 0) is 124 Å². The van der Waals surface area contributed by atoms with E-state index in [-0.39, 0.29) is 73.2 Å². The number of pyridine rings is 6. The van der Waals surface area contributed by atoms with Gasteiger partial charge in [0.1, 0.15) is 34.5 Å². The minimum atomic E-state index is -4.53. The highest BCUT2D eigenvalue weighted by Crippen LogP contribution is 2.41. The van der Waals surface area contributed by atoms with Crippen LogP contribution in [0.15, 0.2) is 91.4 Å². The van der Waals surface area contributed by atoms with Gasteiger partial charge in [0.2, 0.25) is 0 Å². The van der Waals surface area contributed by atoms with E-state index >= 15 is 0 Å². The van der Waals surface area contributed by atoms with Gasteiger partial charge >= 0.3 is 12.4 Å². The molecule has 88 heavy (non-hydrogen) atoms. The second-order valence-corrected chi connectivity index (χ2v) is 24.5. The molecule has 0 spiro atoms. The van der Waals surface area contributed by atoms with Crippen LogP contribution in [0.1, 0.15) is 94.8 Å². The van der Waals surface area contributed by atoms with Crippen molar-refractivity contribution in [3.05, 3.63) is 108 Å². The average molecular weight is 1230 g/mol. The van der Waals surface area contributed by atoms with Gasteiger partial charge in [0, 0.05) is 113 Å². The van der Waals surface area contributed by atoms with Crippen LogP contribution in [0.3, 0.4) is 0 Å². The molecule has 0 radical (unpaired) electrons. The molecular formula is C62H87F7N18O. The molecule has 9 aromatic rings. The van der Waals surface area contributed by atoms with Crippen LogP contribution in [0.2, 0.25) is 0 Å². The molecule has 6 atom stereocenters. The maximum atomic E-state index is 14.6. The first kappa shape index (κ1) is 63.1. The Labute approximate surface area is 514 Å². The average Bonchev–Trinajstić information content (AvgIpc) is 1.42. The lowest BCUT2D eigenvalue weighted by Crippen LogP contribution is -2.62. The zero-order valence-corrected chi connectivity index (χ0v) is 50.6.